The van der Waals surface area contributed by atoms with Crippen molar-refractivity contribution in [3.8, 4) is 0 Å². The normalized spacial score (nSPS) is 12.1. The number of esters is 3. The minimum atomic E-state index is -0.761. The molecule has 0 aliphatic rings. The molecule has 0 fully saturated rings. The molecule has 0 rings (SSSR count). The molecule has 0 aromatic carbocycles. The quantitative estimate of drug-likeness (QED) is 0.0346. The molecule has 0 saturated heterocycles. The Bertz CT molecular complexity index is 870. The second-order valence-corrected chi connectivity index (χ2v) is 18.4. The number of ether oxygens (including phenoxy) is 3. The van der Waals surface area contributed by atoms with Gasteiger partial charge >= 0.3 is 17.9 Å². The predicted octanol–water partition coefficient (Wildman–Crippen LogP) is 16.1. The van der Waals surface area contributed by atoms with Gasteiger partial charge < -0.3 is 14.2 Å². The Morgan fingerprint density at radius 2 is 0.579 bits per heavy atom. The maximum atomic E-state index is 12.8. The molecule has 6 heteroatoms. The molecule has 338 valence electrons. The van der Waals surface area contributed by atoms with Crippen molar-refractivity contribution in [2.45, 2.75) is 285 Å². The van der Waals surface area contributed by atoms with Crippen LogP contribution in [0.25, 0.3) is 0 Å². The molecular formula is C51H98O6. The van der Waals surface area contributed by atoms with E-state index in [4.69, 9.17) is 14.2 Å². The first-order valence-corrected chi connectivity index (χ1v) is 25.2. The average molecular weight is 807 g/mol. The molecule has 0 aromatic heterocycles. The van der Waals surface area contributed by atoms with E-state index in [-0.39, 0.29) is 31.1 Å². The Balaban J connectivity index is 4.27. The first-order chi connectivity index (χ1) is 27.7. The molecule has 0 aromatic rings. The number of unbranched alkanes of at least 4 members (excludes halogenated alkanes) is 30. The molecule has 0 unspecified atom stereocenters. The molecule has 57 heavy (non-hydrogen) atoms. The summed E-state index contributed by atoms with van der Waals surface area (Å²) in [5, 5.41) is 0. The van der Waals surface area contributed by atoms with Crippen LogP contribution in [0.5, 0.6) is 0 Å². The first kappa shape index (κ1) is 55.4. The zero-order valence-electron chi connectivity index (χ0n) is 39.0. The van der Waals surface area contributed by atoms with Crippen molar-refractivity contribution in [1.82, 2.24) is 0 Å². The summed E-state index contributed by atoms with van der Waals surface area (Å²) in [4.78, 5) is 37.8. The van der Waals surface area contributed by atoms with Crippen LogP contribution >= 0.6 is 0 Å². The molecular weight excluding hydrogens is 709 g/mol. The zero-order valence-corrected chi connectivity index (χ0v) is 39.0. The Morgan fingerprint density at radius 3 is 0.860 bits per heavy atom. The van der Waals surface area contributed by atoms with Gasteiger partial charge in [0.15, 0.2) is 6.10 Å². The van der Waals surface area contributed by atoms with Gasteiger partial charge in [-0.05, 0) is 31.1 Å². The van der Waals surface area contributed by atoms with Crippen molar-refractivity contribution in [3.05, 3.63) is 0 Å². The summed E-state index contributed by atoms with van der Waals surface area (Å²) in [7, 11) is 0. The molecule has 0 radical (unpaired) electrons. The first-order valence-electron chi connectivity index (χ1n) is 25.2. The third-order valence-electron chi connectivity index (χ3n) is 11.5. The van der Waals surface area contributed by atoms with Gasteiger partial charge in [0.2, 0.25) is 0 Å². The van der Waals surface area contributed by atoms with Crippen LogP contribution in [0.1, 0.15) is 279 Å². The van der Waals surface area contributed by atoms with Gasteiger partial charge in [0, 0.05) is 19.3 Å². The minimum absolute atomic E-state index is 0.0645. The van der Waals surface area contributed by atoms with Crippen LogP contribution in [-0.2, 0) is 28.6 Å². The topological polar surface area (TPSA) is 78.9 Å². The van der Waals surface area contributed by atoms with Gasteiger partial charge in [-0.3, -0.25) is 14.4 Å². The fraction of sp³-hybridized carbons (Fsp3) is 0.941. The highest BCUT2D eigenvalue weighted by molar-refractivity contribution is 5.71. The maximum absolute atomic E-state index is 12.8. The van der Waals surface area contributed by atoms with Gasteiger partial charge in [0.1, 0.15) is 13.2 Å². The van der Waals surface area contributed by atoms with Gasteiger partial charge in [0.25, 0.3) is 0 Å². The van der Waals surface area contributed by atoms with E-state index in [0.717, 1.165) is 69.6 Å². The van der Waals surface area contributed by atoms with Crippen LogP contribution < -0.4 is 0 Å². The largest absolute Gasteiger partial charge is 0.462 e. The predicted molar refractivity (Wildman–Crippen MR) is 243 cm³/mol. The Morgan fingerprint density at radius 1 is 0.333 bits per heavy atom. The molecule has 0 heterocycles. The van der Waals surface area contributed by atoms with E-state index in [0.29, 0.717) is 19.3 Å². The van der Waals surface area contributed by atoms with E-state index in [1.54, 1.807) is 0 Å². The molecule has 1 atom stereocenters. The van der Waals surface area contributed by atoms with Gasteiger partial charge in [0.05, 0.1) is 0 Å². The summed E-state index contributed by atoms with van der Waals surface area (Å²) >= 11 is 0. The fourth-order valence-electron chi connectivity index (χ4n) is 7.64. The molecule has 0 aliphatic heterocycles. The van der Waals surface area contributed by atoms with E-state index < -0.39 is 6.10 Å². The minimum Gasteiger partial charge on any atom is -0.462 e. The van der Waals surface area contributed by atoms with E-state index in [9.17, 15) is 14.4 Å². The number of hydrogen-bond acceptors (Lipinski definition) is 6. The lowest BCUT2D eigenvalue weighted by molar-refractivity contribution is -0.167. The summed E-state index contributed by atoms with van der Waals surface area (Å²) in [5.74, 6) is 0.753. The summed E-state index contributed by atoms with van der Waals surface area (Å²) < 4.78 is 16.8. The van der Waals surface area contributed by atoms with E-state index in [1.165, 1.54) is 167 Å². The lowest BCUT2D eigenvalue weighted by atomic mass is 10.0. The number of hydrogen-bond donors (Lipinski definition) is 0. The zero-order chi connectivity index (χ0) is 41.9. The third-order valence-corrected chi connectivity index (χ3v) is 11.5. The van der Waals surface area contributed by atoms with E-state index >= 15 is 0 Å². The van der Waals surface area contributed by atoms with Crippen molar-refractivity contribution in [1.29, 1.82) is 0 Å². The Kier molecular flexibility index (Phi) is 42.7. The summed E-state index contributed by atoms with van der Waals surface area (Å²) in [6.07, 6.45) is 43.9. The fourth-order valence-corrected chi connectivity index (χ4v) is 7.64. The summed E-state index contributed by atoms with van der Waals surface area (Å²) in [5.41, 5.74) is 0. The molecule has 0 aliphatic carbocycles. The number of rotatable bonds is 45. The van der Waals surface area contributed by atoms with Crippen LogP contribution in [0.4, 0.5) is 0 Å². The lowest BCUT2D eigenvalue weighted by Gasteiger charge is -2.18. The monoisotopic (exact) mass is 807 g/mol. The number of carbonyl (C=O) groups is 3. The van der Waals surface area contributed by atoms with Crippen molar-refractivity contribution in [3.63, 3.8) is 0 Å². The standard InChI is InChI=1S/C51H98O6/c1-6-7-8-9-10-11-12-15-19-22-25-31-36-41-49(52)55-44-48(45-56-50(53)42-37-32-28-27-30-35-40-47(4)5)57-51(54)43-38-33-26-23-20-17-14-13-16-18-21-24-29-34-39-46(2)3/h46-48H,6-45H2,1-5H3/t48-/m0/s1. The van der Waals surface area contributed by atoms with Crippen LogP contribution in [-0.4, -0.2) is 37.2 Å². The molecule has 0 N–H and O–H groups in total. The molecule has 6 nitrogen and oxygen atoms in total. The second kappa shape index (κ2) is 44.0. The van der Waals surface area contributed by atoms with Gasteiger partial charge in [-0.2, -0.15) is 0 Å². The van der Waals surface area contributed by atoms with E-state index in [1.807, 2.05) is 0 Å². The number of carbonyl (C=O) groups excluding carboxylic acids is 3. The molecule has 0 bridgehead atoms. The third kappa shape index (κ3) is 45.3. The van der Waals surface area contributed by atoms with Crippen molar-refractivity contribution >= 4 is 17.9 Å². The summed E-state index contributed by atoms with van der Waals surface area (Å²) in [6.45, 7) is 11.3. The molecule has 0 saturated carbocycles. The Labute approximate surface area is 355 Å². The highest BCUT2D eigenvalue weighted by Crippen LogP contribution is 2.17. The maximum Gasteiger partial charge on any atom is 0.306 e. The second-order valence-electron chi connectivity index (χ2n) is 18.4. The SMILES string of the molecule is CCCCCCCCCCCCCCCC(=O)OC[C@@H](COC(=O)CCCCCCCCC(C)C)OC(=O)CCCCCCCCCCCCCCCCC(C)C. The molecule has 0 amide bonds. The van der Waals surface area contributed by atoms with Gasteiger partial charge in [-0.1, -0.05) is 240 Å². The highest BCUT2D eigenvalue weighted by Gasteiger charge is 2.19. The Hall–Kier alpha value is -1.59. The van der Waals surface area contributed by atoms with Gasteiger partial charge in [-0.25, -0.2) is 0 Å². The van der Waals surface area contributed by atoms with Crippen molar-refractivity contribution < 1.29 is 28.6 Å². The van der Waals surface area contributed by atoms with E-state index in [2.05, 4.69) is 34.6 Å². The lowest BCUT2D eigenvalue weighted by Crippen LogP contribution is -2.30. The molecule has 0 spiro atoms. The van der Waals surface area contributed by atoms with Crippen LogP contribution in [0.2, 0.25) is 0 Å². The van der Waals surface area contributed by atoms with Crippen LogP contribution in [0.15, 0.2) is 0 Å². The van der Waals surface area contributed by atoms with Crippen LogP contribution in [0, 0.1) is 11.8 Å². The van der Waals surface area contributed by atoms with Crippen molar-refractivity contribution in [2.24, 2.45) is 11.8 Å². The van der Waals surface area contributed by atoms with Crippen molar-refractivity contribution in [2.75, 3.05) is 13.2 Å². The summed E-state index contributed by atoms with van der Waals surface area (Å²) in [6, 6.07) is 0. The van der Waals surface area contributed by atoms with Gasteiger partial charge in [-0.15, -0.1) is 0 Å². The average Bonchev–Trinajstić information content (AvgIpc) is 3.18. The van der Waals surface area contributed by atoms with Crippen LogP contribution in [0.3, 0.4) is 0 Å². The smallest absolute Gasteiger partial charge is 0.306 e. The highest BCUT2D eigenvalue weighted by atomic mass is 16.6.